The zero-order valence-electron chi connectivity index (χ0n) is 13.7. The first kappa shape index (κ1) is 17.5. The quantitative estimate of drug-likeness (QED) is 0.908. The molecule has 1 fully saturated rings. The van der Waals surface area contributed by atoms with Crippen molar-refractivity contribution >= 4 is 23.5 Å². The molecular weight excluding hydrogens is 342 g/mol. The average Bonchev–Trinajstić information content (AvgIpc) is 2.62. The fourth-order valence-electron chi connectivity index (χ4n) is 2.89. The third-order valence-corrected chi connectivity index (χ3v) is 4.67. The zero-order chi connectivity index (χ0) is 18.0. The van der Waals surface area contributed by atoms with Gasteiger partial charge in [0.05, 0.1) is 24.8 Å². The molecule has 2 unspecified atom stereocenters. The van der Waals surface area contributed by atoms with Gasteiger partial charge in [-0.15, -0.1) is 0 Å². The number of carboxylic acid groups (broad SMARTS) is 1. The van der Waals surface area contributed by atoms with Crippen molar-refractivity contribution in [2.75, 3.05) is 13.2 Å². The van der Waals surface area contributed by atoms with Crippen molar-refractivity contribution in [1.29, 1.82) is 0 Å². The summed E-state index contributed by atoms with van der Waals surface area (Å²) in [7, 11) is 0. The molecule has 0 radical (unpaired) electrons. The van der Waals surface area contributed by atoms with Crippen LogP contribution >= 0.6 is 11.6 Å². The molecule has 2 aromatic rings. The molecule has 6 heteroatoms. The Balaban J connectivity index is 1.81. The minimum atomic E-state index is -1.02. The number of carboxylic acids is 1. The summed E-state index contributed by atoms with van der Waals surface area (Å²) in [4.78, 5) is 25.5. The Morgan fingerprint density at radius 1 is 1.12 bits per heavy atom. The number of hydrogen-bond donors (Lipinski definition) is 1. The Kier molecular flexibility index (Phi) is 5.06. The largest absolute Gasteiger partial charge is 0.478 e. The van der Waals surface area contributed by atoms with Crippen molar-refractivity contribution in [2.24, 2.45) is 0 Å². The molecule has 0 bridgehead atoms. The van der Waals surface area contributed by atoms with E-state index in [1.165, 1.54) is 12.1 Å². The maximum Gasteiger partial charge on any atom is 0.335 e. The maximum atomic E-state index is 12.8. The van der Waals surface area contributed by atoms with Crippen LogP contribution in [-0.2, 0) is 4.74 Å². The molecule has 1 heterocycles. The van der Waals surface area contributed by atoms with Gasteiger partial charge in [-0.2, -0.15) is 0 Å². The summed E-state index contributed by atoms with van der Waals surface area (Å²) >= 11 is 6.25. The van der Waals surface area contributed by atoms with Crippen LogP contribution in [0.3, 0.4) is 0 Å². The molecule has 1 aliphatic heterocycles. The second-order valence-corrected chi connectivity index (χ2v) is 6.44. The van der Waals surface area contributed by atoms with Crippen molar-refractivity contribution in [3.8, 4) is 0 Å². The second-order valence-electron chi connectivity index (χ2n) is 6.03. The van der Waals surface area contributed by atoms with E-state index in [0.29, 0.717) is 23.7 Å². The minimum absolute atomic E-state index is 0.0783. The number of aromatic carboxylic acids is 1. The summed E-state index contributed by atoms with van der Waals surface area (Å²) in [6.07, 6.45) is -0.285. The van der Waals surface area contributed by atoms with E-state index in [1.54, 1.807) is 23.1 Å². The zero-order valence-corrected chi connectivity index (χ0v) is 14.4. The number of halogens is 1. The highest BCUT2D eigenvalue weighted by atomic mass is 35.5. The topological polar surface area (TPSA) is 66.8 Å². The van der Waals surface area contributed by atoms with E-state index >= 15 is 0 Å². The summed E-state index contributed by atoms with van der Waals surface area (Å²) in [5.41, 5.74) is 1.47. The highest BCUT2D eigenvalue weighted by Gasteiger charge is 2.31. The van der Waals surface area contributed by atoms with E-state index in [-0.39, 0.29) is 23.6 Å². The Morgan fingerprint density at radius 3 is 2.40 bits per heavy atom. The molecule has 0 spiro atoms. The molecule has 0 aliphatic carbocycles. The third kappa shape index (κ3) is 3.67. The van der Waals surface area contributed by atoms with Crippen LogP contribution in [-0.4, -0.2) is 41.1 Å². The van der Waals surface area contributed by atoms with Crippen LogP contribution in [0.4, 0.5) is 0 Å². The molecule has 1 saturated heterocycles. The van der Waals surface area contributed by atoms with Gasteiger partial charge in [-0.25, -0.2) is 4.79 Å². The molecule has 3 rings (SSSR count). The second kappa shape index (κ2) is 7.25. The van der Waals surface area contributed by atoms with Crippen LogP contribution in [0.1, 0.15) is 39.3 Å². The van der Waals surface area contributed by atoms with E-state index in [0.717, 1.165) is 5.56 Å². The van der Waals surface area contributed by atoms with Gasteiger partial charge < -0.3 is 14.7 Å². The van der Waals surface area contributed by atoms with Gasteiger partial charge in [-0.3, -0.25) is 4.79 Å². The predicted molar refractivity (Wildman–Crippen MR) is 94.0 cm³/mol. The summed E-state index contributed by atoms with van der Waals surface area (Å²) in [6, 6.07) is 13.3. The first-order valence-corrected chi connectivity index (χ1v) is 8.35. The maximum absolute atomic E-state index is 12.8. The van der Waals surface area contributed by atoms with Gasteiger partial charge in [0.15, 0.2) is 0 Å². The summed E-state index contributed by atoms with van der Waals surface area (Å²) in [6.45, 7) is 2.73. The van der Waals surface area contributed by atoms with Crippen LogP contribution in [0.5, 0.6) is 0 Å². The van der Waals surface area contributed by atoms with Crippen LogP contribution in [0.25, 0.3) is 0 Å². The normalized spacial score (nSPS) is 20.3. The summed E-state index contributed by atoms with van der Waals surface area (Å²) in [5, 5.41) is 9.58. The number of ether oxygens (including phenoxy) is 1. The number of carbonyl (C=O) groups excluding carboxylic acids is 1. The molecule has 130 valence electrons. The molecule has 1 aliphatic rings. The number of morpholine rings is 1. The molecule has 2 aromatic carbocycles. The first-order chi connectivity index (χ1) is 12.0. The SMILES string of the molecule is CC1COC(c2ccccc2Cl)CN1C(=O)c1ccc(C(=O)O)cc1. The lowest BCUT2D eigenvalue weighted by Crippen LogP contribution is -2.48. The number of benzene rings is 2. The summed E-state index contributed by atoms with van der Waals surface area (Å²) < 4.78 is 5.87. The van der Waals surface area contributed by atoms with Gasteiger partial charge in [-0.05, 0) is 37.3 Å². The first-order valence-electron chi connectivity index (χ1n) is 7.97. The number of nitrogens with zero attached hydrogens (tertiary/aromatic N) is 1. The van der Waals surface area contributed by atoms with Crippen molar-refractivity contribution in [1.82, 2.24) is 4.90 Å². The fourth-order valence-corrected chi connectivity index (χ4v) is 3.14. The van der Waals surface area contributed by atoms with E-state index in [9.17, 15) is 9.59 Å². The number of hydrogen-bond acceptors (Lipinski definition) is 3. The Bertz CT molecular complexity index is 790. The fraction of sp³-hybridized carbons (Fsp3) is 0.263. The molecule has 2 atom stereocenters. The third-order valence-electron chi connectivity index (χ3n) is 4.32. The van der Waals surface area contributed by atoms with E-state index in [1.807, 2.05) is 25.1 Å². The highest BCUT2D eigenvalue weighted by Crippen LogP contribution is 2.30. The smallest absolute Gasteiger partial charge is 0.335 e. The predicted octanol–water partition coefficient (Wildman–Crippen LogP) is 3.64. The minimum Gasteiger partial charge on any atom is -0.478 e. The monoisotopic (exact) mass is 359 g/mol. The Labute approximate surface area is 150 Å². The molecule has 0 aromatic heterocycles. The van der Waals surface area contributed by atoms with E-state index in [4.69, 9.17) is 21.4 Å². The van der Waals surface area contributed by atoms with Crippen LogP contribution < -0.4 is 0 Å². The molecular formula is C19H18ClNO4. The van der Waals surface area contributed by atoms with Gasteiger partial charge in [0, 0.05) is 16.1 Å². The van der Waals surface area contributed by atoms with Gasteiger partial charge in [-0.1, -0.05) is 29.8 Å². The van der Waals surface area contributed by atoms with Gasteiger partial charge in [0.1, 0.15) is 6.10 Å². The van der Waals surface area contributed by atoms with Crippen LogP contribution in [0.15, 0.2) is 48.5 Å². The van der Waals surface area contributed by atoms with E-state index in [2.05, 4.69) is 0 Å². The molecule has 1 amide bonds. The lowest BCUT2D eigenvalue weighted by molar-refractivity contribution is -0.0486. The standard InChI is InChI=1S/C19H18ClNO4/c1-12-11-25-17(15-4-2-3-5-16(15)20)10-21(12)18(22)13-6-8-14(9-7-13)19(23)24/h2-9,12,17H,10-11H2,1H3,(H,23,24). The Hall–Kier alpha value is -2.37. The molecule has 5 nitrogen and oxygen atoms in total. The van der Waals surface area contributed by atoms with Crippen molar-refractivity contribution in [3.63, 3.8) is 0 Å². The van der Waals surface area contributed by atoms with Gasteiger partial charge in [0.2, 0.25) is 0 Å². The summed E-state index contributed by atoms with van der Waals surface area (Å²) in [5.74, 6) is -1.16. The van der Waals surface area contributed by atoms with Crippen molar-refractivity contribution in [3.05, 3.63) is 70.2 Å². The van der Waals surface area contributed by atoms with Gasteiger partial charge >= 0.3 is 5.97 Å². The van der Waals surface area contributed by atoms with E-state index < -0.39 is 5.97 Å². The van der Waals surface area contributed by atoms with Crippen molar-refractivity contribution < 1.29 is 19.4 Å². The van der Waals surface area contributed by atoms with Crippen molar-refractivity contribution in [2.45, 2.75) is 19.1 Å². The molecule has 25 heavy (non-hydrogen) atoms. The lowest BCUT2D eigenvalue weighted by Gasteiger charge is -2.38. The average molecular weight is 360 g/mol. The number of amides is 1. The molecule has 0 saturated carbocycles. The van der Waals surface area contributed by atoms with Gasteiger partial charge in [0.25, 0.3) is 5.91 Å². The Morgan fingerprint density at radius 2 is 1.76 bits per heavy atom. The van der Waals surface area contributed by atoms with Crippen LogP contribution in [0.2, 0.25) is 5.02 Å². The number of rotatable bonds is 3. The van der Waals surface area contributed by atoms with Crippen LogP contribution in [0, 0.1) is 0 Å². The highest BCUT2D eigenvalue weighted by molar-refractivity contribution is 6.31. The lowest BCUT2D eigenvalue weighted by atomic mass is 10.0. The number of carbonyl (C=O) groups is 2. The molecule has 1 N–H and O–H groups in total.